The van der Waals surface area contributed by atoms with Gasteiger partial charge in [-0.15, -0.1) is 0 Å². The molecule has 108 valence electrons. The summed E-state index contributed by atoms with van der Waals surface area (Å²) in [6.45, 7) is 3.68. The van der Waals surface area contributed by atoms with Crippen LogP contribution in [0.2, 0.25) is 0 Å². The summed E-state index contributed by atoms with van der Waals surface area (Å²) < 4.78 is 0.588. The summed E-state index contributed by atoms with van der Waals surface area (Å²) in [5, 5.41) is 2.84. The average Bonchev–Trinajstić information content (AvgIpc) is 2.45. The Morgan fingerprint density at radius 1 is 1.45 bits per heavy atom. The molecule has 0 atom stereocenters. The first kappa shape index (κ1) is 15.0. The second-order valence-corrected chi connectivity index (χ2v) is 5.77. The second-order valence-electron chi connectivity index (χ2n) is 5.01. The highest BCUT2D eigenvalue weighted by Crippen LogP contribution is 2.21. The smallest absolute Gasteiger partial charge is 0.256 e. The summed E-state index contributed by atoms with van der Waals surface area (Å²) in [6, 6.07) is 3.55. The van der Waals surface area contributed by atoms with Crippen molar-refractivity contribution in [2.24, 2.45) is 5.92 Å². The number of nitrogens with one attached hydrogen (secondary N) is 1. The van der Waals surface area contributed by atoms with Crippen molar-refractivity contribution < 1.29 is 9.59 Å². The zero-order valence-electron chi connectivity index (χ0n) is 11.4. The predicted octanol–water partition coefficient (Wildman–Crippen LogP) is 1.83. The normalized spacial score (nSPS) is 16.0. The molecule has 1 aromatic heterocycles. The van der Waals surface area contributed by atoms with Crippen LogP contribution < -0.4 is 5.32 Å². The Morgan fingerprint density at radius 2 is 2.15 bits per heavy atom. The molecule has 1 aromatic rings. The van der Waals surface area contributed by atoms with Crippen molar-refractivity contribution in [3.63, 3.8) is 0 Å². The van der Waals surface area contributed by atoms with Crippen LogP contribution in [-0.2, 0) is 4.79 Å². The van der Waals surface area contributed by atoms with Gasteiger partial charge in [0, 0.05) is 32.8 Å². The molecule has 0 aliphatic carbocycles. The number of amides is 2. The number of nitrogens with zero attached hydrogens (tertiary/aromatic N) is 2. The highest BCUT2D eigenvalue weighted by molar-refractivity contribution is 9.10. The molecule has 1 saturated heterocycles. The number of halogens is 1. The Bertz CT molecular complexity index is 499. The second kappa shape index (κ2) is 6.83. The summed E-state index contributed by atoms with van der Waals surface area (Å²) >= 11 is 3.31. The number of hydrogen-bond acceptors (Lipinski definition) is 3. The summed E-state index contributed by atoms with van der Waals surface area (Å²) in [6.07, 6.45) is 3.49. The van der Waals surface area contributed by atoms with E-state index in [-0.39, 0.29) is 11.8 Å². The minimum absolute atomic E-state index is 0.00259. The van der Waals surface area contributed by atoms with Gasteiger partial charge in [0.1, 0.15) is 4.60 Å². The van der Waals surface area contributed by atoms with E-state index < -0.39 is 0 Å². The summed E-state index contributed by atoms with van der Waals surface area (Å²) in [7, 11) is 0. The molecule has 0 unspecified atom stereocenters. The Kier molecular flexibility index (Phi) is 5.11. The summed E-state index contributed by atoms with van der Waals surface area (Å²) in [5.41, 5.74) is 0.604. The molecule has 2 amide bonds. The maximum absolute atomic E-state index is 12.4. The highest BCUT2D eigenvalue weighted by atomic mass is 79.9. The van der Waals surface area contributed by atoms with Crippen molar-refractivity contribution in [2.45, 2.75) is 19.8 Å². The van der Waals surface area contributed by atoms with Gasteiger partial charge in [0.15, 0.2) is 0 Å². The molecule has 1 aliphatic heterocycles. The molecule has 1 fully saturated rings. The molecule has 0 spiro atoms. The third-order valence-electron chi connectivity index (χ3n) is 3.53. The monoisotopic (exact) mass is 339 g/mol. The molecule has 1 N–H and O–H groups in total. The fourth-order valence-corrected chi connectivity index (χ4v) is 2.76. The largest absolute Gasteiger partial charge is 0.356 e. The van der Waals surface area contributed by atoms with Gasteiger partial charge in [-0.05, 0) is 46.8 Å². The molecular weight excluding hydrogens is 322 g/mol. The van der Waals surface area contributed by atoms with Crippen LogP contribution in [0, 0.1) is 5.92 Å². The first-order valence-electron chi connectivity index (χ1n) is 6.72. The van der Waals surface area contributed by atoms with Gasteiger partial charge in [-0.25, -0.2) is 4.98 Å². The molecule has 0 bridgehead atoms. The number of likely N-dealkylation sites (tertiary alicyclic amines) is 1. The molecule has 0 radical (unpaired) electrons. The third kappa shape index (κ3) is 3.79. The van der Waals surface area contributed by atoms with Crippen LogP contribution in [0.15, 0.2) is 22.9 Å². The number of rotatable bonds is 3. The van der Waals surface area contributed by atoms with E-state index in [0.29, 0.717) is 22.6 Å². The van der Waals surface area contributed by atoms with Crippen LogP contribution in [0.4, 0.5) is 0 Å². The minimum Gasteiger partial charge on any atom is -0.356 e. The lowest BCUT2D eigenvalue weighted by atomic mass is 9.96. The van der Waals surface area contributed by atoms with Crippen molar-refractivity contribution in [1.29, 1.82) is 0 Å². The number of piperidine rings is 1. The molecule has 0 aromatic carbocycles. The van der Waals surface area contributed by atoms with Gasteiger partial charge in [-0.1, -0.05) is 0 Å². The highest BCUT2D eigenvalue weighted by Gasteiger charge is 2.24. The van der Waals surface area contributed by atoms with E-state index in [1.165, 1.54) is 6.92 Å². The van der Waals surface area contributed by atoms with Crippen LogP contribution in [0.3, 0.4) is 0 Å². The average molecular weight is 340 g/mol. The molecule has 6 heteroatoms. The van der Waals surface area contributed by atoms with E-state index in [1.807, 2.05) is 4.90 Å². The lowest BCUT2D eigenvalue weighted by molar-refractivity contribution is -0.119. The standard InChI is InChI=1S/C14H18BrN3O2/c1-10(19)17-9-11-4-7-18(8-5-11)14(20)12-3-2-6-16-13(12)15/h2-3,6,11H,4-5,7-9H2,1H3,(H,17,19). The van der Waals surface area contributed by atoms with Crippen LogP contribution in [0.5, 0.6) is 0 Å². The van der Waals surface area contributed by atoms with E-state index in [9.17, 15) is 9.59 Å². The number of aromatic nitrogens is 1. The van der Waals surface area contributed by atoms with E-state index in [4.69, 9.17) is 0 Å². The third-order valence-corrected chi connectivity index (χ3v) is 4.16. The Balaban J connectivity index is 1.89. The maximum atomic E-state index is 12.4. The van der Waals surface area contributed by atoms with Crippen LogP contribution in [0.1, 0.15) is 30.1 Å². The number of carbonyl (C=O) groups excluding carboxylic acids is 2. The number of carbonyl (C=O) groups is 2. The Morgan fingerprint density at radius 3 is 2.75 bits per heavy atom. The van der Waals surface area contributed by atoms with Crippen LogP contribution in [0.25, 0.3) is 0 Å². The van der Waals surface area contributed by atoms with Gasteiger partial charge in [0.2, 0.25) is 5.91 Å². The van der Waals surface area contributed by atoms with Crippen LogP contribution >= 0.6 is 15.9 Å². The molecular formula is C14H18BrN3O2. The van der Waals surface area contributed by atoms with E-state index in [2.05, 4.69) is 26.2 Å². The van der Waals surface area contributed by atoms with E-state index in [0.717, 1.165) is 25.9 Å². The molecule has 1 aliphatic rings. The van der Waals surface area contributed by atoms with Crippen molar-refractivity contribution in [1.82, 2.24) is 15.2 Å². The van der Waals surface area contributed by atoms with Gasteiger partial charge in [-0.2, -0.15) is 0 Å². The number of hydrogen-bond donors (Lipinski definition) is 1. The SMILES string of the molecule is CC(=O)NCC1CCN(C(=O)c2cccnc2Br)CC1. The zero-order chi connectivity index (χ0) is 14.5. The fraction of sp³-hybridized carbons (Fsp3) is 0.500. The van der Waals surface area contributed by atoms with Crippen molar-refractivity contribution in [2.75, 3.05) is 19.6 Å². The molecule has 20 heavy (non-hydrogen) atoms. The van der Waals surface area contributed by atoms with Crippen molar-refractivity contribution in [3.8, 4) is 0 Å². The zero-order valence-corrected chi connectivity index (χ0v) is 13.0. The lowest BCUT2D eigenvalue weighted by Gasteiger charge is -2.32. The molecule has 5 nitrogen and oxygen atoms in total. The Labute approximate surface area is 126 Å². The maximum Gasteiger partial charge on any atom is 0.256 e. The van der Waals surface area contributed by atoms with Crippen molar-refractivity contribution >= 4 is 27.7 Å². The van der Waals surface area contributed by atoms with Crippen molar-refractivity contribution in [3.05, 3.63) is 28.5 Å². The molecule has 2 heterocycles. The molecule has 2 rings (SSSR count). The van der Waals surface area contributed by atoms with Gasteiger partial charge in [0.25, 0.3) is 5.91 Å². The minimum atomic E-state index is 0.00259. The predicted molar refractivity (Wildman–Crippen MR) is 79.2 cm³/mol. The lowest BCUT2D eigenvalue weighted by Crippen LogP contribution is -2.41. The quantitative estimate of drug-likeness (QED) is 0.854. The topological polar surface area (TPSA) is 62.3 Å². The van der Waals surface area contributed by atoms with Gasteiger partial charge < -0.3 is 10.2 Å². The van der Waals surface area contributed by atoms with E-state index in [1.54, 1.807) is 18.3 Å². The number of pyridine rings is 1. The van der Waals surface area contributed by atoms with Gasteiger partial charge in [-0.3, -0.25) is 9.59 Å². The van der Waals surface area contributed by atoms with Gasteiger partial charge in [0.05, 0.1) is 5.56 Å². The Hall–Kier alpha value is -1.43. The summed E-state index contributed by atoms with van der Waals surface area (Å²) in [5.74, 6) is 0.478. The van der Waals surface area contributed by atoms with Gasteiger partial charge >= 0.3 is 0 Å². The van der Waals surface area contributed by atoms with Crippen LogP contribution in [-0.4, -0.2) is 41.3 Å². The molecule has 0 saturated carbocycles. The van der Waals surface area contributed by atoms with E-state index >= 15 is 0 Å². The first-order chi connectivity index (χ1) is 9.58. The first-order valence-corrected chi connectivity index (χ1v) is 7.51. The fourth-order valence-electron chi connectivity index (χ4n) is 2.34. The summed E-state index contributed by atoms with van der Waals surface area (Å²) in [4.78, 5) is 29.2.